The van der Waals surface area contributed by atoms with E-state index < -0.39 is 0 Å². The molecular formula is C12H19N5O. The van der Waals surface area contributed by atoms with E-state index in [0.29, 0.717) is 11.9 Å². The summed E-state index contributed by atoms with van der Waals surface area (Å²) in [7, 11) is 0. The summed E-state index contributed by atoms with van der Waals surface area (Å²) in [5.41, 5.74) is 5.79. The van der Waals surface area contributed by atoms with Crippen LogP contribution in [-0.2, 0) is 0 Å². The number of H-pyrrole nitrogens is 1. The molecule has 2 saturated heterocycles. The van der Waals surface area contributed by atoms with Gasteiger partial charge >= 0.3 is 0 Å². The minimum atomic E-state index is -0.246. The van der Waals surface area contributed by atoms with Crippen molar-refractivity contribution in [3.63, 3.8) is 0 Å². The third kappa shape index (κ3) is 1.96. The van der Waals surface area contributed by atoms with E-state index in [-0.39, 0.29) is 11.2 Å². The Morgan fingerprint density at radius 3 is 2.89 bits per heavy atom. The molecule has 3 heterocycles. The number of hydrogen-bond donors (Lipinski definition) is 2. The normalized spacial score (nSPS) is 24.9. The second-order valence-corrected chi connectivity index (χ2v) is 5.10. The molecule has 3 rings (SSSR count). The molecule has 0 aromatic carbocycles. The predicted octanol–water partition coefficient (Wildman–Crippen LogP) is 0.0266. The highest BCUT2D eigenvalue weighted by molar-refractivity contribution is 5.61. The minimum Gasteiger partial charge on any atom is -0.391 e. The molecular weight excluding hydrogens is 230 g/mol. The van der Waals surface area contributed by atoms with Crippen molar-refractivity contribution in [2.75, 3.05) is 36.8 Å². The van der Waals surface area contributed by atoms with Crippen molar-refractivity contribution < 1.29 is 0 Å². The monoisotopic (exact) mass is 249 g/mol. The van der Waals surface area contributed by atoms with Gasteiger partial charge in [-0.3, -0.25) is 9.69 Å². The number of anilines is 2. The highest BCUT2D eigenvalue weighted by Crippen LogP contribution is 2.25. The van der Waals surface area contributed by atoms with Crippen molar-refractivity contribution in [2.24, 2.45) is 0 Å². The second-order valence-electron chi connectivity index (χ2n) is 5.10. The first-order valence-corrected chi connectivity index (χ1v) is 6.58. The van der Waals surface area contributed by atoms with E-state index in [4.69, 9.17) is 5.73 Å². The zero-order chi connectivity index (χ0) is 12.5. The maximum atomic E-state index is 11.5. The fourth-order valence-electron chi connectivity index (χ4n) is 2.99. The summed E-state index contributed by atoms with van der Waals surface area (Å²) in [5.74, 6) is 0.639. The van der Waals surface area contributed by atoms with Crippen molar-refractivity contribution in [1.82, 2.24) is 14.9 Å². The van der Waals surface area contributed by atoms with Crippen molar-refractivity contribution >= 4 is 11.5 Å². The molecule has 1 aromatic rings. The van der Waals surface area contributed by atoms with Gasteiger partial charge in [-0.25, -0.2) is 4.98 Å². The van der Waals surface area contributed by atoms with Crippen molar-refractivity contribution in [2.45, 2.75) is 25.3 Å². The van der Waals surface area contributed by atoms with Crippen LogP contribution in [0.15, 0.2) is 11.1 Å². The lowest BCUT2D eigenvalue weighted by molar-refractivity contribution is 0.260. The lowest BCUT2D eigenvalue weighted by Gasteiger charge is -2.24. The smallest absolute Gasteiger partial charge is 0.276 e. The molecule has 18 heavy (non-hydrogen) atoms. The summed E-state index contributed by atoms with van der Waals surface area (Å²) in [5, 5.41) is 0. The first-order chi connectivity index (χ1) is 8.75. The maximum absolute atomic E-state index is 11.5. The largest absolute Gasteiger partial charge is 0.391 e. The van der Waals surface area contributed by atoms with Crippen LogP contribution in [0, 0.1) is 0 Å². The molecule has 2 aliphatic rings. The van der Waals surface area contributed by atoms with E-state index in [1.54, 1.807) is 0 Å². The van der Waals surface area contributed by atoms with E-state index in [9.17, 15) is 4.79 Å². The second kappa shape index (κ2) is 4.61. The summed E-state index contributed by atoms with van der Waals surface area (Å²) >= 11 is 0. The average molecular weight is 249 g/mol. The van der Waals surface area contributed by atoms with Crippen LogP contribution in [0.3, 0.4) is 0 Å². The average Bonchev–Trinajstić information content (AvgIpc) is 3.01. The molecule has 0 bridgehead atoms. The Morgan fingerprint density at radius 2 is 2.11 bits per heavy atom. The van der Waals surface area contributed by atoms with Crippen LogP contribution in [0.2, 0.25) is 0 Å². The van der Waals surface area contributed by atoms with E-state index in [0.717, 1.165) is 19.5 Å². The molecule has 0 radical (unpaired) electrons. The van der Waals surface area contributed by atoms with Gasteiger partial charge in [-0.1, -0.05) is 0 Å². The number of nitrogens with one attached hydrogen (secondary N) is 1. The molecule has 2 fully saturated rings. The Balaban J connectivity index is 1.75. The van der Waals surface area contributed by atoms with Crippen LogP contribution in [0.4, 0.5) is 11.5 Å². The molecule has 0 aliphatic carbocycles. The van der Waals surface area contributed by atoms with Gasteiger partial charge in [-0.05, 0) is 32.4 Å². The van der Waals surface area contributed by atoms with E-state index >= 15 is 0 Å². The molecule has 1 aromatic heterocycles. The summed E-state index contributed by atoms with van der Waals surface area (Å²) in [6.45, 7) is 4.27. The van der Waals surface area contributed by atoms with Crippen LogP contribution < -0.4 is 16.2 Å². The van der Waals surface area contributed by atoms with Crippen molar-refractivity contribution in [3.8, 4) is 0 Å². The molecule has 0 spiro atoms. The topological polar surface area (TPSA) is 78.2 Å². The molecule has 0 saturated carbocycles. The minimum absolute atomic E-state index is 0.236. The first-order valence-electron chi connectivity index (χ1n) is 6.58. The Morgan fingerprint density at radius 1 is 1.33 bits per heavy atom. The van der Waals surface area contributed by atoms with Gasteiger partial charge in [-0.15, -0.1) is 0 Å². The Labute approximate surface area is 106 Å². The van der Waals surface area contributed by atoms with E-state index in [1.807, 2.05) is 0 Å². The van der Waals surface area contributed by atoms with Gasteiger partial charge < -0.3 is 15.6 Å². The van der Waals surface area contributed by atoms with Gasteiger partial charge in [0, 0.05) is 19.1 Å². The Kier molecular flexibility index (Phi) is 2.95. The number of aromatic amines is 1. The maximum Gasteiger partial charge on any atom is 0.276 e. The number of rotatable bonds is 2. The fourth-order valence-corrected chi connectivity index (χ4v) is 2.99. The lowest BCUT2D eigenvalue weighted by Crippen LogP contribution is -2.36. The number of likely N-dealkylation sites (tertiary alicyclic amines) is 1. The van der Waals surface area contributed by atoms with Crippen LogP contribution in [0.5, 0.6) is 0 Å². The molecule has 6 heteroatoms. The standard InChI is InChI=1S/C12H19N5O/c13-10-11(14-8-15-12(10)18)17-6-3-9(7-17)16-4-1-2-5-16/h8-9H,1-7,13H2,(H,14,15,18). The molecule has 3 N–H and O–H groups in total. The zero-order valence-corrected chi connectivity index (χ0v) is 10.4. The number of hydrogen-bond acceptors (Lipinski definition) is 5. The number of nitrogen functional groups attached to an aromatic ring is 1. The third-order valence-corrected chi connectivity index (χ3v) is 3.99. The van der Waals surface area contributed by atoms with Crippen LogP contribution in [-0.4, -0.2) is 47.1 Å². The number of aromatic nitrogens is 2. The van der Waals surface area contributed by atoms with E-state index in [1.165, 1.54) is 32.3 Å². The Hall–Kier alpha value is -1.56. The highest BCUT2D eigenvalue weighted by Gasteiger charge is 2.30. The molecule has 2 aliphatic heterocycles. The van der Waals surface area contributed by atoms with Gasteiger partial charge in [-0.2, -0.15) is 0 Å². The van der Waals surface area contributed by atoms with Crippen LogP contribution in [0.1, 0.15) is 19.3 Å². The van der Waals surface area contributed by atoms with Crippen molar-refractivity contribution in [3.05, 3.63) is 16.7 Å². The van der Waals surface area contributed by atoms with Crippen LogP contribution in [0.25, 0.3) is 0 Å². The molecule has 98 valence electrons. The lowest BCUT2D eigenvalue weighted by atomic mass is 10.2. The SMILES string of the molecule is Nc1c(N2CCC(N3CCCC3)C2)nc[nH]c1=O. The van der Waals surface area contributed by atoms with Gasteiger partial charge in [0.05, 0.1) is 6.33 Å². The van der Waals surface area contributed by atoms with Crippen LogP contribution >= 0.6 is 0 Å². The van der Waals surface area contributed by atoms with Gasteiger partial charge in [0.25, 0.3) is 5.56 Å². The fraction of sp³-hybridized carbons (Fsp3) is 0.667. The molecule has 1 atom stereocenters. The van der Waals surface area contributed by atoms with Crippen molar-refractivity contribution in [1.29, 1.82) is 0 Å². The summed E-state index contributed by atoms with van der Waals surface area (Å²) in [6.07, 6.45) is 5.18. The van der Waals surface area contributed by atoms with Gasteiger partial charge in [0.1, 0.15) is 5.69 Å². The highest BCUT2D eigenvalue weighted by atomic mass is 16.1. The first kappa shape index (κ1) is 11.5. The zero-order valence-electron chi connectivity index (χ0n) is 10.4. The summed E-state index contributed by atoms with van der Waals surface area (Å²) < 4.78 is 0. The predicted molar refractivity (Wildman–Crippen MR) is 70.7 cm³/mol. The molecule has 1 unspecified atom stereocenters. The van der Waals surface area contributed by atoms with Gasteiger partial charge in [0.2, 0.25) is 0 Å². The summed E-state index contributed by atoms with van der Waals surface area (Å²) in [4.78, 5) is 22.9. The number of nitrogens with two attached hydrogens (primary N) is 1. The summed E-state index contributed by atoms with van der Waals surface area (Å²) in [6, 6.07) is 0.591. The molecule has 0 amide bonds. The van der Waals surface area contributed by atoms with Gasteiger partial charge in [0.15, 0.2) is 5.82 Å². The quantitative estimate of drug-likeness (QED) is 0.773. The third-order valence-electron chi connectivity index (χ3n) is 3.99. The molecule has 6 nitrogen and oxygen atoms in total. The number of nitrogens with zero attached hydrogens (tertiary/aromatic N) is 3. The van der Waals surface area contributed by atoms with E-state index in [2.05, 4.69) is 19.8 Å². The Bertz CT molecular complexity index is 480.